The first-order chi connectivity index (χ1) is 12.3. The number of aromatic nitrogens is 1. The third kappa shape index (κ3) is 3.51. The maximum absolute atomic E-state index is 12.8. The van der Waals surface area contributed by atoms with Gasteiger partial charge in [0.25, 0.3) is 5.91 Å². The summed E-state index contributed by atoms with van der Waals surface area (Å²) in [5.74, 6) is 0.0980. The molecule has 1 aliphatic rings. The van der Waals surface area contributed by atoms with Crippen LogP contribution in [0.25, 0.3) is 0 Å². The number of pyridine rings is 1. The second-order valence-electron chi connectivity index (χ2n) is 6.89. The number of nitrogens with two attached hydrogens (primary N) is 1. The zero-order valence-corrected chi connectivity index (χ0v) is 15.5. The molecule has 3 rings (SSSR count). The van der Waals surface area contributed by atoms with E-state index < -0.39 is 5.41 Å². The Morgan fingerprint density at radius 1 is 1.19 bits per heavy atom. The molecule has 0 radical (unpaired) electrons. The SMILES string of the molecule is CN(C)C(=O)C1(Cc2ccc(Cl)cc2)CN(C(=O)c2cccc(N)n2)C1. The summed E-state index contributed by atoms with van der Waals surface area (Å²) in [6.45, 7) is 0.698. The third-order valence-electron chi connectivity index (χ3n) is 4.58. The number of nitrogen functional groups attached to an aromatic ring is 1. The van der Waals surface area contributed by atoms with Crippen LogP contribution >= 0.6 is 11.6 Å². The molecule has 0 aliphatic carbocycles. The molecule has 2 aromatic rings. The quantitative estimate of drug-likeness (QED) is 0.891. The van der Waals surface area contributed by atoms with Crippen LogP contribution in [0.15, 0.2) is 42.5 Å². The third-order valence-corrected chi connectivity index (χ3v) is 4.83. The predicted octanol–water partition coefficient (Wildman–Crippen LogP) is 2.09. The summed E-state index contributed by atoms with van der Waals surface area (Å²) >= 11 is 5.94. The fraction of sp³-hybridized carbons (Fsp3) is 0.316. The number of anilines is 1. The van der Waals surface area contributed by atoms with Crippen molar-refractivity contribution in [3.8, 4) is 0 Å². The van der Waals surface area contributed by atoms with Crippen molar-refractivity contribution in [2.75, 3.05) is 32.9 Å². The van der Waals surface area contributed by atoms with E-state index in [1.165, 1.54) is 0 Å². The number of nitrogens with zero attached hydrogens (tertiary/aromatic N) is 3. The minimum Gasteiger partial charge on any atom is -0.384 e. The number of halogens is 1. The van der Waals surface area contributed by atoms with E-state index in [0.29, 0.717) is 36.0 Å². The summed E-state index contributed by atoms with van der Waals surface area (Å²) in [7, 11) is 3.46. The topological polar surface area (TPSA) is 79.5 Å². The van der Waals surface area contributed by atoms with Gasteiger partial charge in [0, 0.05) is 32.2 Å². The number of benzene rings is 1. The molecule has 0 bridgehead atoms. The molecule has 2 heterocycles. The fourth-order valence-electron chi connectivity index (χ4n) is 3.35. The number of amides is 2. The molecule has 26 heavy (non-hydrogen) atoms. The van der Waals surface area contributed by atoms with Crippen LogP contribution in [0, 0.1) is 5.41 Å². The van der Waals surface area contributed by atoms with E-state index >= 15 is 0 Å². The van der Waals surface area contributed by atoms with Crippen LogP contribution in [0.2, 0.25) is 5.02 Å². The van der Waals surface area contributed by atoms with Crippen LogP contribution in [0.3, 0.4) is 0 Å². The molecule has 0 unspecified atom stereocenters. The van der Waals surface area contributed by atoms with Crippen molar-refractivity contribution in [3.63, 3.8) is 0 Å². The van der Waals surface area contributed by atoms with E-state index in [2.05, 4.69) is 4.98 Å². The highest BCUT2D eigenvalue weighted by molar-refractivity contribution is 6.30. The molecule has 1 saturated heterocycles. The molecule has 0 saturated carbocycles. The Balaban J connectivity index is 1.79. The van der Waals surface area contributed by atoms with Crippen molar-refractivity contribution in [3.05, 3.63) is 58.7 Å². The van der Waals surface area contributed by atoms with Crippen LogP contribution in [-0.2, 0) is 11.2 Å². The summed E-state index contributed by atoms with van der Waals surface area (Å²) in [5.41, 5.74) is 6.33. The summed E-state index contributed by atoms with van der Waals surface area (Å²) in [6, 6.07) is 12.4. The van der Waals surface area contributed by atoms with Gasteiger partial charge in [-0.15, -0.1) is 0 Å². The van der Waals surface area contributed by atoms with Gasteiger partial charge in [-0.25, -0.2) is 4.98 Å². The first kappa shape index (κ1) is 18.2. The Morgan fingerprint density at radius 2 is 1.85 bits per heavy atom. The van der Waals surface area contributed by atoms with Gasteiger partial charge < -0.3 is 15.5 Å². The maximum Gasteiger partial charge on any atom is 0.272 e. The Labute approximate surface area is 157 Å². The van der Waals surface area contributed by atoms with Crippen molar-refractivity contribution in [1.29, 1.82) is 0 Å². The second-order valence-corrected chi connectivity index (χ2v) is 7.33. The van der Waals surface area contributed by atoms with E-state index in [-0.39, 0.29) is 11.8 Å². The minimum atomic E-state index is -0.632. The van der Waals surface area contributed by atoms with Crippen LogP contribution < -0.4 is 5.73 Å². The van der Waals surface area contributed by atoms with Gasteiger partial charge in [0.15, 0.2) is 0 Å². The van der Waals surface area contributed by atoms with E-state index in [4.69, 9.17) is 17.3 Å². The summed E-state index contributed by atoms with van der Waals surface area (Å²) in [5, 5.41) is 0.653. The highest BCUT2D eigenvalue weighted by atomic mass is 35.5. The molecule has 1 aromatic heterocycles. The Kier molecular flexibility index (Phi) is 4.87. The largest absolute Gasteiger partial charge is 0.384 e. The van der Waals surface area contributed by atoms with Crippen molar-refractivity contribution in [2.24, 2.45) is 5.41 Å². The summed E-state index contributed by atoms with van der Waals surface area (Å²) < 4.78 is 0. The zero-order valence-electron chi connectivity index (χ0n) is 14.8. The first-order valence-corrected chi connectivity index (χ1v) is 8.66. The van der Waals surface area contributed by atoms with Gasteiger partial charge in [0.05, 0.1) is 5.41 Å². The monoisotopic (exact) mass is 372 g/mol. The summed E-state index contributed by atoms with van der Waals surface area (Å²) in [4.78, 5) is 32.7. The van der Waals surface area contributed by atoms with E-state index in [1.54, 1.807) is 42.1 Å². The lowest BCUT2D eigenvalue weighted by Gasteiger charge is -2.49. The number of hydrogen-bond donors (Lipinski definition) is 1. The smallest absolute Gasteiger partial charge is 0.272 e. The predicted molar refractivity (Wildman–Crippen MR) is 101 cm³/mol. The van der Waals surface area contributed by atoms with Gasteiger partial charge in [0.2, 0.25) is 5.91 Å². The fourth-order valence-corrected chi connectivity index (χ4v) is 3.48. The van der Waals surface area contributed by atoms with Crippen LogP contribution in [0.1, 0.15) is 16.1 Å². The van der Waals surface area contributed by atoms with Gasteiger partial charge >= 0.3 is 0 Å². The average molecular weight is 373 g/mol. The Morgan fingerprint density at radius 3 is 2.42 bits per heavy atom. The Bertz CT molecular complexity index is 830. The van der Waals surface area contributed by atoms with Crippen molar-refractivity contribution < 1.29 is 9.59 Å². The molecular formula is C19H21ClN4O2. The number of likely N-dealkylation sites (tertiary alicyclic amines) is 1. The lowest BCUT2D eigenvalue weighted by Crippen LogP contribution is -2.65. The molecule has 0 spiro atoms. The van der Waals surface area contributed by atoms with Gasteiger partial charge in [-0.3, -0.25) is 9.59 Å². The Hall–Kier alpha value is -2.60. The molecular weight excluding hydrogens is 352 g/mol. The molecule has 1 fully saturated rings. The van der Waals surface area contributed by atoms with Crippen LogP contribution in [0.5, 0.6) is 0 Å². The molecule has 2 amide bonds. The van der Waals surface area contributed by atoms with Crippen molar-refractivity contribution in [2.45, 2.75) is 6.42 Å². The normalized spacial score (nSPS) is 15.3. The highest BCUT2D eigenvalue weighted by Gasteiger charge is 2.51. The van der Waals surface area contributed by atoms with E-state index in [9.17, 15) is 9.59 Å². The zero-order chi connectivity index (χ0) is 18.9. The minimum absolute atomic E-state index is 0.0111. The molecule has 1 aromatic carbocycles. The van der Waals surface area contributed by atoms with Gasteiger partial charge in [-0.05, 0) is 36.2 Å². The number of hydrogen-bond acceptors (Lipinski definition) is 4. The lowest BCUT2D eigenvalue weighted by atomic mass is 9.73. The van der Waals surface area contributed by atoms with Crippen molar-refractivity contribution >= 4 is 29.2 Å². The lowest BCUT2D eigenvalue weighted by molar-refractivity contribution is -0.148. The molecule has 136 valence electrons. The highest BCUT2D eigenvalue weighted by Crippen LogP contribution is 2.37. The molecule has 7 heteroatoms. The first-order valence-electron chi connectivity index (χ1n) is 8.29. The standard InChI is InChI=1S/C19H21ClN4O2/c1-23(2)18(26)19(10-13-6-8-14(20)9-7-13)11-24(12-19)17(25)15-4-3-5-16(21)22-15/h3-9H,10-12H2,1-2H3,(H2,21,22). The molecule has 2 N–H and O–H groups in total. The average Bonchev–Trinajstić information content (AvgIpc) is 2.58. The van der Waals surface area contributed by atoms with E-state index in [1.807, 2.05) is 24.3 Å². The molecule has 0 atom stereocenters. The van der Waals surface area contributed by atoms with Gasteiger partial charge in [0.1, 0.15) is 11.5 Å². The number of rotatable bonds is 4. The van der Waals surface area contributed by atoms with Crippen LogP contribution in [-0.4, -0.2) is 53.8 Å². The van der Waals surface area contributed by atoms with Gasteiger partial charge in [-0.1, -0.05) is 29.8 Å². The van der Waals surface area contributed by atoms with E-state index in [0.717, 1.165) is 5.56 Å². The number of carbonyl (C=O) groups is 2. The van der Waals surface area contributed by atoms with Gasteiger partial charge in [-0.2, -0.15) is 0 Å². The maximum atomic E-state index is 12.8. The van der Waals surface area contributed by atoms with Crippen LogP contribution in [0.4, 0.5) is 5.82 Å². The second kappa shape index (κ2) is 6.96. The molecule has 6 nitrogen and oxygen atoms in total. The molecule has 1 aliphatic heterocycles. The summed E-state index contributed by atoms with van der Waals surface area (Å²) in [6.07, 6.45) is 0.551. The van der Waals surface area contributed by atoms with Crippen molar-refractivity contribution in [1.82, 2.24) is 14.8 Å². The number of carbonyl (C=O) groups excluding carboxylic acids is 2.